The summed E-state index contributed by atoms with van der Waals surface area (Å²) < 4.78 is 0. The Kier molecular flexibility index (Phi) is 154. The Morgan fingerprint density at radius 3 is 1.00 bits per heavy atom. The van der Waals surface area contributed by atoms with Crippen molar-refractivity contribution < 1.29 is 27.3 Å². The van der Waals surface area contributed by atoms with Gasteiger partial charge < -0.3 is 17.1 Å². The topological polar surface area (TPSA) is 0 Å². The molecule has 0 N–H and O–H groups in total. The SMILES string of the molecule is S.[Cd+2].[Se-2].[SeH2]. The third-order valence-corrected chi connectivity index (χ3v) is 0. The molecular weight excluding hydrogens is 302 g/mol. The van der Waals surface area contributed by atoms with E-state index >= 15 is 0 Å². The summed E-state index contributed by atoms with van der Waals surface area (Å²) in [5, 5.41) is 0. The van der Waals surface area contributed by atoms with Gasteiger partial charge in [-0.05, 0) is 0 Å². The average Bonchev–Trinajstić information content (AvgIpc) is 0. The fourth-order valence-corrected chi connectivity index (χ4v) is 0. The van der Waals surface area contributed by atoms with E-state index in [2.05, 4.69) is 0 Å². The zero-order valence-corrected chi connectivity index (χ0v) is 11.0. The van der Waals surface area contributed by atoms with Crippen LogP contribution in [0.3, 0.4) is 0 Å². The summed E-state index contributed by atoms with van der Waals surface area (Å²) in [6.45, 7) is 0. The molecule has 0 aliphatic carbocycles. The molecule has 0 heterocycles. The Morgan fingerprint density at radius 1 is 1.00 bits per heavy atom. The molecule has 0 amide bonds. The third kappa shape index (κ3) is 8.85. The quantitative estimate of drug-likeness (QED) is 0.494. The van der Waals surface area contributed by atoms with Crippen molar-refractivity contribution in [1.29, 1.82) is 0 Å². The van der Waals surface area contributed by atoms with E-state index < -0.39 is 0 Å². The first-order chi connectivity index (χ1) is 0. The van der Waals surface area contributed by atoms with E-state index in [4.69, 9.17) is 0 Å². The normalized spacial score (nSPS) is 0. The summed E-state index contributed by atoms with van der Waals surface area (Å²) in [6, 6.07) is 0. The summed E-state index contributed by atoms with van der Waals surface area (Å²) in [4.78, 5) is 0. The monoisotopic (exact) mass is 310 g/mol. The van der Waals surface area contributed by atoms with Crippen LogP contribution in [0.1, 0.15) is 0 Å². The van der Waals surface area contributed by atoms with Gasteiger partial charge in [0.25, 0.3) is 0 Å². The number of hydrogen-bond acceptors (Lipinski definition) is 0. The molecule has 0 rings (SSSR count). The summed E-state index contributed by atoms with van der Waals surface area (Å²) in [6.07, 6.45) is 0. The van der Waals surface area contributed by atoms with Gasteiger partial charge in [-0.2, -0.15) is 13.5 Å². The van der Waals surface area contributed by atoms with Gasteiger partial charge >= 0.3 is 44.4 Å². The molecule has 0 aromatic heterocycles. The van der Waals surface area contributed by atoms with Crippen LogP contribution in [0.15, 0.2) is 0 Å². The molecule has 0 aromatic rings. The van der Waals surface area contributed by atoms with Crippen LogP contribution in [0.2, 0.25) is 0 Å². The van der Waals surface area contributed by atoms with Gasteiger partial charge in [0, 0.05) is 0 Å². The molecule has 0 aliphatic rings. The minimum atomic E-state index is 0. The molecule has 0 bridgehead atoms. The zero-order chi connectivity index (χ0) is 0. The molecule has 4 heavy (non-hydrogen) atoms. The van der Waals surface area contributed by atoms with Crippen molar-refractivity contribution in [3.63, 3.8) is 0 Å². The third-order valence-electron chi connectivity index (χ3n) is 0. The molecular formula is H4CdSSe2. The average molecular weight is 306 g/mol. The van der Waals surface area contributed by atoms with Crippen LogP contribution < -0.4 is 0 Å². The first-order valence-electron chi connectivity index (χ1n) is 0. The van der Waals surface area contributed by atoms with Crippen LogP contribution in [0.5, 0.6) is 0 Å². The van der Waals surface area contributed by atoms with E-state index in [0.717, 1.165) is 0 Å². The summed E-state index contributed by atoms with van der Waals surface area (Å²) in [7, 11) is 0. The molecule has 0 fully saturated rings. The van der Waals surface area contributed by atoms with E-state index in [1.54, 1.807) is 0 Å². The molecule has 0 atom stereocenters. The predicted octanol–water partition coefficient (Wildman–Crippen LogP) is -1.19. The second-order valence-electron chi connectivity index (χ2n) is 0. The molecule has 0 nitrogen and oxygen atoms in total. The standard InChI is InChI=1S/Cd.H2S.H2Se.Se/h;2*1H2;/q+2;;;-2. The fourth-order valence-electron chi connectivity index (χ4n) is 0. The van der Waals surface area contributed by atoms with Gasteiger partial charge in [-0.25, -0.2) is 0 Å². The Labute approximate surface area is 74.0 Å². The van der Waals surface area contributed by atoms with Crippen molar-refractivity contribution in [2.45, 2.75) is 0 Å². The molecule has 0 aliphatic heterocycles. The van der Waals surface area contributed by atoms with Gasteiger partial charge in [-0.3, -0.25) is 0 Å². The van der Waals surface area contributed by atoms with Crippen LogP contribution in [0, 0.1) is 0 Å². The van der Waals surface area contributed by atoms with Gasteiger partial charge in [-0.1, -0.05) is 0 Å². The summed E-state index contributed by atoms with van der Waals surface area (Å²) in [5.74, 6) is 0. The molecule has 0 spiro atoms. The van der Waals surface area contributed by atoms with Crippen LogP contribution in [-0.4, -0.2) is 34.1 Å². The molecule has 0 radical (unpaired) electrons. The Balaban J connectivity index is 0. The van der Waals surface area contributed by atoms with Gasteiger partial charge in [0.05, 0.1) is 0 Å². The predicted molar refractivity (Wildman–Crippen MR) is 24.7 cm³/mol. The van der Waals surface area contributed by atoms with E-state index in [0.29, 0.717) is 0 Å². The zero-order valence-electron chi connectivity index (χ0n) is 2.12. The van der Waals surface area contributed by atoms with Crippen LogP contribution in [-0.2, 0) is 27.3 Å². The van der Waals surface area contributed by atoms with E-state index in [9.17, 15) is 0 Å². The van der Waals surface area contributed by atoms with E-state index in [1.807, 2.05) is 0 Å². The molecule has 0 saturated carbocycles. The van der Waals surface area contributed by atoms with Crippen LogP contribution in [0.4, 0.5) is 0 Å². The Morgan fingerprint density at radius 2 is 1.00 bits per heavy atom. The molecule has 0 aromatic carbocycles. The van der Waals surface area contributed by atoms with Gasteiger partial charge in [0.2, 0.25) is 0 Å². The number of rotatable bonds is 0. The summed E-state index contributed by atoms with van der Waals surface area (Å²) in [5.41, 5.74) is 0. The Bertz CT molecular complexity index is 6.00. The van der Waals surface area contributed by atoms with Crippen LogP contribution >= 0.6 is 13.5 Å². The molecule has 0 saturated heterocycles. The maximum atomic E-state index is 0. The summed E-state index contributed by atoms with van der Waals surface area (Å²) >= 11 is 0. The minimum absolute atomic E-state index is 0. The molecule has 24 valence electrons. The number of hydrogen-bond donors (Lipinski definition) is 0. The van der Waals surface area contributed by atoms with E-state index in [1.165, 1.54) is 0 Å². The van der Waals surface area contributed by atoms with Crippen LogP contribution in [0.25, 0.3) is 0 Å². The fraction of sp³-hybridized carbons (Fsp3) is 0. The van der Waals surface area contributed by atoms with Crippen molar-refractivity contribution in [2.75, 3.05) is 0 Å². The first-order valence-corrected chi connectivity index (χ1v) is 0. The molecule has 4 heteroatoms. The maximum absolute atomic E-state index is 0. The first kappa shape index (κ1) is 33.3. The van der Waals surface area contributed by atoms with Crippen molar-refractivity contribution in [2.24, 2.45) is 0 Å². The van der Waals surface area contributed by atoms with Crippen molar-refractivity contribution in [3.05, 3.63) is 0 Å². The second kappa shape index (κ2) is 18.5. The van der Waals surface area contributed by atoms with Gasteiger partial charge in [0.1, 0.15) is 0 Å². The Hall–Kier alpha value is 2.31. The van der Waals surface area contributed by atoms with Gasteiger partial charge in [-0.15, -0.1) is 0 Å². The molecule has 0 unspecified atom stereocenters. The van der Waals surface area contributed by atoms with Crippen molar-refractivity contribution in [1.82, 2.24) is 0 Å². The van der Waals surface area contributed by atoms with E-state index in [-0.39, 0.29) is 74.9 Å². The van der Waals surface area contributed by atoms with Gasteiger partial charge in [0.15, 0.2) is 0 Å². The van der Waals surface area contributed by atoms with Crippen molar-refractivity contribution in [3.8, 4) is 0 Å². The second-order valence-corrected chi connectivity index (χ2v) is 0. The van der Waals surface area contributed by atoms with Crippen molar-refractivity contribution >= 4 is 47.6 Å².